The summed E-state index contributed by atoms with van der Waals surface area (Å²) in [6, 6.07) is 11.7. The first kappa shape index (κ1) is 16.0. The highest BCUT2D eigenvalue weighted by atomic mass is 35.5. The van der Waals surface area contributed by atoms with Crippen LogP contribution in [0.3, 0.4) is 0 Å². The molecule has 7 nitrogen and oxygen atoms in total. The molecule has 0 aromatic carbocycles. The van der Waals surface area contributed by atoms with E-state index in [-0.39, 0.29) is 5.91 Å². The number of rotatable bonds is 2. The fourth-order valence-electron chi connectivity index (χ4n) is 3.44. The summed E-state index contributed by atoms with van der Waals surface area (Å²) in [5.74, 6) is -0.108. The minimum atomic E-state index is -0.108. The average molecular weight is 379 g/mol. The average Bonchev–Trinajstić information content (AvgIpc) is 3.31. The molecule has 27 heavy (non-hydrogen) atoms. The molecule has 5 rings (SSSR count). The standard InChI is InChI=1S/C19H15ClN6O/c20-13-10-22-18-9-16(23-26(18)11-13)19(27)24-7-8-25-14(12-24)4-5-17(25)15-3-1-2-6-21-15/h1-6,9-11H,7-8,12H2. The third kappa shape index (κ3) is 2.76. The maximum absolute atomic E-state index is 12.9. The number of amides is 1. The molecule has 0 saturated carbocycles. The first-order valence-electron chi connectivity index (χ1n) is 8.59. The molecule has 0 saturated heterocycles. The van der Waals surface area contributed by atoms with Crippen molar-refractivity contribution in [2.24, 2.45) is 0 Å². The van der Waals surface area contributed by atoms with Crippen LogP contribution in [0.1, 0.15) is 16.2 Å². The van der Waals surface area contributed by atoms with Crippen molar-refractivity contribution in [3.8, 4) is 11.4 Å². The second kappa shape index (κ2) is 6.21. The topological polar surface area (TPSA) is 68.3 Å². The molecule has 5 heterocycles. The van der Waals surface area contributed by atoms with Gasteiger partial charge in [-0.3, -0.25) is 9.78 Å². The van der Waals surface area contributed by atoms with Gasteiger partial charge in [0.05, 0.1) is 29.2 Å². The number of fused-ring (bicyclic) bond motifs is 2. The summed E-state index contributed by atoms with van der Waals surface area (Å²) in [6.45, 7) is 1.87. The predicted molar refractivity (Wildman–Crippen MR) is 100 cm³/mol. The van der Waals surface area contributed by atoms with E-state index in [1.165, 1.54) is 4.52 Å². The molecule has 1 aliphatic heterocycles. The SMILES string of the molecule is O=C(c1cc2ncc(Cl)cn2n1)N1CCn2c(ccc2-c2ccccn2)C1. The second-order valence-electron chi connectivity index (χ2n) is 6.41. The molecule has 4 aromatic rings. The lowest BCUT2D eigenvalue weighted by Gasteiger charge is -2.29. The molecule has 1 aliphatic rings. The van der Waals surface area contributed by atoms with Crippen LogP contribution in [0, 0.1) is 0 Å². The molecule has 0 aliphatic carbocycles. The third-order valence-electron chi connectivity index (χ3n) is 4.73. The molecule has 0 fully saturated rings. The largest absolute Gasteiger partial charge is 0.340 e. The van der Waals surface area contributed by atoms with Crippen LogP contribution in [0.2, 0.25) is 5.02 Å². The van der Waals surface area contributed by atoms with Gasteiger partial charge in [0.25, 0.3) is 5.91 Å². The summed E-state index contributed by atoms with van der Waals surface area (Å²) >= 11 is 5.94. The van der Waals surface area contributed by atoms with Crippen LogP contribution in [-0.4, -0.2) is 41.5 Å². The van der Waals surface area contributed by atoms with Crippen molar-refractivity contribution in [1.29, 1.82) is 0 Å². The van der Waals surface area contributed by atoms with E-state index in [0.29, 0.717) is 29.5 Å². The Bertz CT molecular complexity index is 1150. The predicted octanol–water partition coefficient (Wildman–Crippen LogP) is 2.90. The van der Waals surface area contributed by atoms with Crippen LogP contribution in [0.15, 0.2) is 55.0 Å². The van der Waals surface area contributed by atoms with Gasteiger partial charge in [-0.1, -0.05) is 17.7 Å². The zero-order valence-electron chi connectivity index (χ0n) is 14.3. The molecule has 0 atom stereocenters. The molecule has 134 valence electrons. The monoisotopic (exact) mass is 378 g/mol. The van der Waals surface area contributed by atoms with E-state index in [9.17, 15) is 4.79 Å². The summed E-state index contributed by atoms with van der Waals surface area (Å²) < 4.78 is 3.75. The molecule has 1 amide bonds. The smallest absolute Gasteiger partial charge is 0.274 e. The van der Waals surface area contributed by atoms with Gasteiger partial charge in [0.2, 0.25) is 0 Å². The normalized spacial score (nSPS) is 13.7. The molecular weight excluding hydrogens is 364 g/mol. The van der Waals surface area contributed by atoms with E-state index in [4.69, 9.17) is 11.6 Å². The van der Waals surface area contributed by atoms with E-state index in [0.717, 1.165) is 23.6 Å². The van der Waals surface area contributed by atoms with Crippen molar-refractivity contribution in [3.05, 3.63) is 71.4 Å². The Morgan fingerprint density at radius 3 is 2.89 bits per heavy atom. The van der Waals surface area contributed by atoms with Gasteiger partial charge in [-0.05, 0) is 24.3 Å². The number of carbonyl (C=O) groups excluding carboxylic acids is 1. The van der Waals surface area contributed by atoms with Crippen LogP contribution in [0.5, 0.6) is 0 Å². The second-order valence-corrected chi connectivity index (χ2v) is 6.84. The van der Waals surface area contributed by atoms with Gasteiger partial charge in [0, 0.05) is 37.2 Å². The highest BCUT2D eigenvalue weighted by Crippen LogP contribution is 2.25. The van der Waals surface area contributed by atoms with Crippen LogP contribution in [0.4, 0.5) is 0 Å². The lowest BCUT2D eigenvalue weighted by molar-refractivity contribution is 0.0705. The van der Waals surface area contributed by atoms with Crippen molar-refractivity contribution >= 4 is 23.2 Å². The number of hydrogen-bond acceptors (Lipinski definition) is 4. The Kier molecular flexibility index (Phi) is 3.68. The van der Waals surface area contributed by atoms with Crippen molar-refractivity contribution < 1.29 is 4.79 Å². The zero-order valence-corrected chi connectivity index (χ0v) is 15.0. The van der Waals surface area contributed by atoms with Crippen molar-refractivity contribution in [2.45, 2.75) is 13.1 Å². The molecule has 8 heteroatoms. The highest BCUT2D eigenvalue weighted by molar-refractivity contribution is 6.30. The maximum atomic E-state index is 12.9. The van der Waals surface area contributed by atoms with Crippen molar-refractivity contribution in [1.82, 2.24) is 29.0 Å². The minimum Gasteiger partial charge on any atom is -0.340 e. The van der Waals surface area contributed by atoms with E-state index in [2.05, 4.69) is 31.8 Å². The quantitative estimate of drug-likeness (QED) is 0.538. The van der Waals surface area contributed by atoms with E-state index in [1.54, 1.807) is 29.6 Å². The Hall–Kier alpha value is -3.19. The zero-order chi connectivity index (χ0) is 18.4. The fraction of sp³-hybridized carbons (Fsp3) is 0.158. The lowest BCUT2D eigenvalue weighted by atomic mass is 10.2. The fourth-order valence-corrected chi connectivity index (χ4v) is 3.58. The molecule has 0 bridgehead atoms. The summed E-state index contributed by atoms with van der Waals surface area (Å²) in [5.41, 5.74) is 4.06. The summed E-state index contributed by atoms with van der Waals surface area (Å²) in [4.78, 5) is 23.3. The highest BCUT2D eigenvalue weighted by Gasteiger charge is 2.25. The Morgan fingerprint density at radius 2 is 2.04 bits per heavy atom. The molecular formula is C19H15ClN6O. The van der Waals surface area contributed by atoms with Gasteiger partial charge in [-0.15, -0.1) is 0 Å². The number of aromatic nitrogens is 5. The van der Waals surface area contributed by atoms with Gasteiger partial charge in [-0.2, -0.15) is 5.10 Å². The van der Waals surface area contributed by atoms with Crippen LogP contribution >= 0.6 is 11.6 Å². The summed E-state index contributed by atoms with van der Waals surface area (Å²) in [7, 11) is 0. The Balaban J connectivity index is 1.42. The van der Waals surface area contributed by atoms with Crippen LogP contribution < -0.4 is 0 Å². The summed E-state index contributed by atoms with van der Waals surface area (Å²) in [5, 5.41) is 4.79. The number of pyridine rings is 1. The van der Waals surface area contributed by atoms with Gasteiger partial charge < -0.3 is 9.47 Å². The van der Waals surface area contributed by atoms with Crippen LogP contribution in [-0.2, 0) is 13.1 Å². The molecule has 0 N–H and O–H groups in total. The van der Waals surface area contributed by atoms with E-state index < -0.39 is 0 Å². The van der Waals surface area contributed by atoms with Gasteiger partial charge in [0.15, 0.2) is 11.3 Å². The van der Waals surface area contributed by atoms with Gasteiger partial charge in [0.1, 0.15) is 0 Å². The van der Waals surface area contributed by atoms with Gasteiger partial charge >= 0.3 is 0 Å². The Morgan fingerprint density at radius 1 is 1.11 bits per heavy atom. The summed E-state index contributed by atoms with van der Waals surface area (Å²) in [6.07, 6.45) is 4.97. The van der Waals surface area contributed by atoms with E-state index in [1.807, 2.05) is 18.2 Å². The van der Waals surface area contributed by atoms with Crippen molar-refractivity contribution in [2.75, 3.05) is 6.54 Å². The molecule has 0 radical (unpaired) electrons. The minimum absolute atomic E-state index is 0.108. The third-order valence-corrected chi connectivity index (χ3v) is 4.93. The molecule has 0 unspecified atom stereocenters. The lowest BCUT2D eigenvalue weighted by Crippen LogP contribution is -2.38. The van der Waals surface area contributed by atoms with E-state index >= 15 is 0 Å². The number of nitrogens with zero attached hydrogens (tertiary/aromatic N) is 6. The first-order valence-corrected chi connectivity index (χ1v) is 8.97. The number of halogens is 1. The first-order chi connectivity index (χ1) is 13.2. The van der Waals surface area contributed by atoms with Crippen LogP contribution in [0.25, 0.3) is 17.0 Å². The Labute approximate surface area is 159 Å². The molecule has 0 spiro atoms. The maximum Gasteiger partial charge on any atom is 0.274 e. The number of carbonyl (C=O) groups is 1. The van der Waals surface area contributed by atoms with Gasteiger partial charge in [-0.25, -0.2) is 9.50 Å². The number of hydrogen-bond donors (Lipinski definition) is 0. The molecule has 4 aromatic heterocycles. The van der Waals surface area contributed by atoms with Crippen molar-refractivity contribution in [3.63, 3.8) is 0 Å².